The predicted molar refractivity (Wildman–Crippen MR) is 126 cm³/mol. The van der Waals surface area contributed by atoms with Crippen molar-refractivity contribution in [2.45, 2.75) is 55.1 Å². The Morgan fingerprint density at radius 3 is 2.46 bits per heavy atom. The molecular formula is C25H28F3N3O3S. The molecule has 2 bridgehead atoms. The molecule has 10 heteroatoms. The molecule has 5 rings (SSSR count). The number of carbonyl (C=O) groups is 1. The number of hydrogen-bond acceptors (Lipinski definition) is 6. The number of halogens is 3. The second-order valence-corrected chi connectivity index (χ2v) is 10.3. The molecule has 1 amide bonds. The molecular weight excluding hydrogens is 479 g/mol. The lowest BCUT2D eigenvalue weighted by molar-refractivity contribution is -0.135. The highest BCUT2D eigenvalue weighted by atomic mass is 32.2. The third kappa shape index (κ3) is 5.24. The summed E-state index contributed by atoms with van der Waals surface area (Å²) >= 11 is 1.37. The Labute approximate surface area is 206 Å². The number of nitrogens with zero attached hydrogens (tertiary/aromatic N) is 1. The molecule has 35 heavy (non-hydrogen) atoms. The zero-order chi connectivity index (χ0) is 24.5. The van der Waals surface area contributed by atoms with Crippen LogP contribution >= 0.6 is 11.9 Å². The van der Waals surface area contributed by atoms with Crippen LogP contribution in [0.25, 0.3) is 0 Å². The SMILES string of the molecule is N[C@H](Cc1cc(F)c(F)cc1F)C1CC2CCC(C1)N2C(=O)CNSc1ccc2c(c1)OCCO2. The first-order valence-corrected chi connectivity index (χ1v) is 12.7. The molecule has 3 heterocycles. The van der Waals surface area contributed by atoms with Gasteiger partial charge in [0, 0.05) is 29.1 Å². The number of fused-ring (bicyclic) bond motifs is 3. The molecule has 2 saturated heterocycles. The minimum Gasteiger partial charge on any atom is -0.486 e. The highest BCUT2D eigenvalue weighted by Gasteiger charge is 2.44. The fourth-order valence-electron chi connectivity index (χ4n) is 5.48. The standard InChI is InChI=1S/C25H28F3N3O3S/c26-19-12-21(28)20(27)9-14(19)10-22(29)15-7-16-1-2-17(8-15)31(16)25(32)13-30-35-18-3-4-23-24(11-18)34-6-5-33-23/h3-4,9,11-12,15-17,22,30H,1-2,5-8,10,13,29H2/t15?,16?,17?,22-/m1/s1. The number of hydrogen-bond donors (Lipinski definition) is 2. The fourth-order valence-corrected chi connectivity index (χ4v) is 6.14. The second-order valence-electron chi connectivity index (χ2n) is 9.37. The van der Waals surface area contributed by atoms with E-state index in [1.54, 1.807) is 0 Å². The van der Waals surface area contributed by atoms with Crippen molar-refractivity contribution in [3.63, 3.8) is 0 Å². The van der Waals surface area contributed by atoms with E-state index in [9.17, 15) is 18.0 Å². The molecule has 3 aliphatic rings. The number of rotatable bonds is 7. The smallest absolute Gasteiger partial charge is 0.237 e. The van der Waals surface area contributed by atoms with Crippen LogP contribution < -0.4 is 19.9 Å². The van der Waals surface area contributed by atoms with Gasteiger partial charge in [-0.3, -0.25) is 9.52 Å². The summed E-state index contributed by atoms with van der Waals surface area (Å²) in [5.41, 5.74) is 6.47. The van der Waals surface area contributed by atoms with Crippen molar-refractivity contribution in [3.05, 3.63) is 53.3 Å². The van der Waals surface area contributed by atoms with Gasteiger partial charge in [-0.15, -0.1) is 0 Å². The molecule has 3 aliphatic heterocycles. The number of nitrogens with one attached hydrogen (secondary N) is 1. The Hall–Kier alpha value is -2.43. The summed E-state index contributed by atoms with van der Waals surface area (Å²) in [6.45, 7) is 1.26. The fraction of sp³-hybridized carbons (Fsp3) is 0.480. The number of carbonyl (C=O) groups excluding carboxylic acids is 1. The van der Waals surface area contributed by atoms with E-state index in [1.165, 1.54) is 11.9 Å². The molecule has 2 fully saturated rings. The summed E-state index contributed by atoms with van der Waals surface area (Å²) < 4.78 is 55.2. The minimum atomic E-state index is -1.20. The van der Waals surface area contributed by atoms with Crippen LogP contribution in [0.5, 0.6) is 11.5 Å². The maximum atomic E-state index is 14.1. The van der Waals surface area contributed by atoms with Crippen LogP contribution in [0.1, 0.15) is 31.2 Å². The van der Waals surface area contributed by atoms with E-state index in [0.29, 0.717) is 25.0 Å². The number of amides is 1. The van der Waals surface area contributed by atoms with E-state index in [4.69, 9.17) is 15.2 Å². The summed E-state index contributed by atoms with van der Waals surface area (Å²) in [4.78, 5) is 15.9. The van der Waals surface area contributed by atoms with Gasteiger partial charge in [-0.1, -0.05) is 0 Å². The van der Waals surface area contributed by atoms with Crippen LogP contribution in [0, 0.1) is 23.4 Å². The van der Waals surface area contributed by atoms with Gasteiger partial charge in [-0.25, -0.2) is 13.2 Å². The maximum Gasteiger partial charge on any atom is 0.237 e. The molecule has 188 valence electrons. The van der Waals surface area contributed by atoms with Crippen molar-refractivity contribution < 1.29 is 27.4 Å². The monoisotopic (exact) mass is 507 g/mol. The third-order valence-electron chi connectivity index (χ3n) is 7.14. The highest BCUT2D eigenvalue weighted by molar-refractivity contribution is 7.97. The summed E-state index contributed by atoms with van der Waals surface area (Å²) in [5, 5.41) is 0. The molecule has 3 atom stereocenters. The summed E-state index contributed by atoms with van der Waals surface area (Å²) in [7, 11) is 0. The van der Waals surface area contributed by atoms with Crippen molar-refractivity contribution in [3.8, 4) is 11.5 Å². The lowest BCUT2D eigenvalue weighted by Gasteiger charge is -2.41. The number of piperidine rings is 1. The quantitative estimate of drug-likeness (QED) is 0.439. The van der Waals surface area contributed by atoms with Crippen molar-refractivity contribution in [1.82, 2.24) is 9.62 Å². The zero-order valence-corrected chi connectivity index (χ0v) is 20.0. The normalized spacial score (nSPS) is 23.9. The average Bonchev–Trinajstić information content (AvgIpc) is 3.11. The first kappa shape index (κ1) is 24.3. The third-order valence-corrected chi connectivity index (χ3v) is 7.91. The Kier molecular flexibility index (Phi) is 7.13. The largest absolute Gasteiger partial charge is 0.486 e. The van der Waals surface area contributed by atoms with Gasteiger partial charge in [-0.2, -0.15) is 0 Å². The van der Waals surface area contributed by atoms with E-state index >= 15 is 0 Å². The molecule has 2 aromatic rings. The first-order chi connectivity index (χ1) is 16.9. The van der Waals surface area contributed by atoms with Gasteiger partial charge in [0.25, 0.3) is 0 Å². The van der Waals surface area contributed by atoms with E-state index in [0.717, 1.165) is 42.4 Å². The molecule has 2 unspecified atom stereocenters. The van der Waals surface area contributed by atoms with Gasteiger partial charge in [0.05, 0.1) is 6.54 Å². The van der Waals surface area contributed by atoms with Crippen LogP contribution in [-0.4, -0.2) is 48.7 Å². The van der Waals surface area contributed by atoms with Crippen LogP contribution in [0.4, 0.5) is 13.2 Å². The van der Waals surface area contributed by atoms with E-state index in [2.05, 4.69) is 4.72 Å². The van der Waals surface area contributed by atoms with E-state index in [-0.39, 0.29) is 42.4 Å². The van der Waals surface area contributed by atoms with Gasteiger partial charge >= 0.3 is 0 Å². The van der Waals surface area contributed by atoms with E-state index < -0.39 is 23.5 Å². The van der Waals surface area contributed by atoms with Gasteiger partial charge in [0.2, 0.25) is 5.91 Å². The molecule has 0 aromatic heterocycles. The molecule has 6 nitrogen and oxygen atoms in total. The van der Waals surface area contributed by atoms with Crippen LogP contribution in [0.15, 0.2) is 35.2 Å². The minimum absolute atomic E-state index is 0.0428. The average molecular weight is 508 g/mol. The van der Waals surface area contributed by atoms with Gasteiger partial charge < -0.3 is 20.1 Å². The lowest BCUT2D eigenvalue weighted by atomic mass is 9.82. The number of nitrogens with two attached hydrogens (primary N) is 1. The maximum absolute atomic E-state index is 14.1. The molecule has 2 aromatic carbocycles. The molecule has 0 radical (unpaired) electrons. The Bertz CT molecular complexity index is 1090. The molecule has 0 spiro atoms. The van der Waals surface area contributed by atoms with Crippen molar-refractivity contribution in [2.24, 2.45) is 11.7 Å². The van der Waals surface area contributed by atoms with Crippen LogP contribution in [-0.2, 0) is 11.2 Å². The van der Waals surface area contributed by atoms with Gasteiger partial charge in [0.1, 0.15) is 19.0 Å². The Morgan fingerprint density at radius 2 is 1.71 bits per heavy atom. The first-order valence-electron chi connectivity index (χ1n) is 11.9. The summed E-state index contributed by atoms with van der Waals surface area (Å²) in [5.74, 6) is -1.50. The molecule has 0 aliphatic carbocycles. The summed E-state index contributed by atoms with van der Waals surface area (Å²) in [6, 6.07) is 6.92. The Balaban J connectivity index is 1.14. The number of ether oxygens (including phenoxy) is 2. The highest BCUT2D eigenvalue weighted by Crippen LogP contribution is 2.40. The van der Waals surface area contributed by atoms with Gasteiger partial charge in [0.15, 0.2) is 23.1 Å². The zero-order valence-electron chi connectivity index (χ0n) is 19.1. The van der Waals surface area contributed by atoms with Crippen LogP contribution in [0.3, 0.4) is 0 Å². The van der Waals surface area contributed by atoms with Gasteiger partial charge in [-0.05, 0) is 79.8 Å². The van der Waals surface area contributed by atoms with Crippen molar-refractivity contribution >= 4 is 17.9 Å². The van der Waals surface area contributed by atoms with E-state index in [1.807, 2.05) is 23.1 Å². The number of benzene rings is 2. The Morgan fingerprint density at radius 1 is 1.03 bits per heavy atom. The van der Waals surface area contributed by atoms with Crippen LogP contribution in [0.2, 0.25) is 0 Å². The molecule has 3 N–H and O–H groups in total. The summed E-state index contributed by atoms with van der Waals surface area (Å²) in [6.07, 6.45) is 3.41. The molecule has 0 saturated carbocycles. The van der Waals surface area contributed by atoms with Crippen molar-refractivity contribution in [1.29, 1.82) is 0 Å². The predicted octanol–water partition coefficient (Wildman–Crippen LogP) is 3.81. The van der Waals surface area contributed by atoms with Crippen molar-refractivity contribution in [2.75, 3.05) is 19.8 Å². The topological polar surface area (TPSA) is 76.8 Å². The second kappa shape index (κ2) is 10.3. The lowest BCUT2D eigenvalue weighted by Crippen LogP contribution is -2.52.